The van der Waals surface area contributed by atoms with Gasteiger partial charge >= 0.3 is 0 Å². The normalized spacial score (nSPS) is 11.6. The van der Waals surface area contributed by atoms with Crippen molar-refractivity contribution in [1.29, 1.82) is 0 Å². The van der Waals surface area contributed by atoms with Crippen molar-refractivity contribution in [2.45, 2.75) is 26.3 Å². The fraction of sp³-hybridized carbons (Fsp3) is 1.00. The maximum Gasteiger partial charge on any atom is 0.0319 e. The van der Waals surface area contributed by atoms with Gasteiger partial charge in [0.2, 0.25) is 0 Å². The van der Waals surface area contributed by atoms with Crippen molar-refractivity contribution in [3.05, 3.63) is 0 Å². The van der Waals surface area contributed by atoms with E-state index in [2.05, 4.69) is 6.92 Å². The van der Waals surface area contributed by atoms with Crippen LogP contribution in [-0.4, -0.2) is 18.3 Å². The molecule has 0 aliphatic rings. The van der Waals surface area contributed by atoms with Gasteiger partial charge in [-0.05, 0) is 13.3 Å². The van der Waals surface area contributed by atoms with Crippen LogP contribution in [0.5, 0.6) is 0 Å². The van der Waals surface area contributed by atoms with Crippen molar-refractivity contribution in [2.75, 3.05) is 7.11 Å². The van der Waals surface area contributed by atoms with E-state index in [4.69, 9.17) is 10.8 Å². The number of rotatable bonds is 1. The summed E-state index contributed by atoms with van der Waals surface area (Å²) in [6.07, 6.45) is 1.08. The van der Waals surface area contributed by atoms with Crippen molar-refractivity contribution >= 4 is 0 Å². The third-order valence-electron chi connectivity index (χ3n) is 0.644. The lowest BCUT2D eigenvalue weighted by atomic mass is 10.3. The molecule has 1 atom stereocenters. The molecule has 0 spiro atoms. The van der Waals surface area contributed by atoms with Crippen LogP contribution >= 0.6 is 0 Å². The topological polar surface area (TPSA) is 46.2 Å². The summed E-state index contributed by atoms with van der Waals surface area (Å²) in [5.74, 6) is 0. The molecule has 0 heterocycles. The standard InChI is InChI=1S/C4H11N.CH4O/c1-3-4(2)5;1-2/h4H,3,5H2,1-2H3;2H,1H3. The lowest BCUT2D eigenvalue weighted by molar-refractivity contribution is 0.399. The highest BCUT2D eigenvalue weighted by atomic mass is 16.2. The van der Waals surface area contributed by atoms with Gasteiger partial charge < -0.3 is 10.8 Å². The molecule has 7 heavy (non-hydrogen) atoms. The van der Waals surface area contributed by atoms with E-state index in [1.807, 2.05) is 6.92 Å². The van der Waals surface area contributed by atoms with Crippen LogP contribution in [-0.2, 0) is 0 Å². The van der Waals surface area contributed by atoms with Gasteiger partial charge in [-0.2, -0.15) is 0 Å². The Morgan fingerprint density at radius 1 is 1.57 bits per heavy atom. The van der Waals surface area contributed by atoms with Gasteiger partial charge in [0.25, 0.3) is 0 Å². The molecular formula is C5H15NO. The highest BCUT2D eigenvalue weighted by Gasteiger charge is 1.79. The average Bonchev–Trinajstić information content (AvgIpc) is 1.73. The maximum atomic E-state index is 7.00. The highest BCUT2D eigenvalue weighted by Crippen LogP contribution is 1.77. The molecule has 0 bridgehead atoms. The molecule has 0 aliphatic heterocycles. The Balaban J connectivity index is 0. The highest BCUT2D eigenvalue weighted by molar-refractivity contribution is 4.43. The fourth-order valence-electron chi connectivity index (χ4n) is 0. The summed E-state index contributed by atoms with van der Waals surface area (Å²) in [5.41, 5.74) is 5.29. The van der Waals surface area contributed by atoms with Crippen LogP contribution in [0.2, 0.25) is 0 Å². The SMILES string of the molecule is CCC(C)N.CO. The van der Waals surface area contributed by atoms with Crippen LogP contribution in [0.1, 0.15) is 20.3 Å². The van der Waals surface area contributed by atoms with Crippen LogP contribution in [0.4, 0.5) is 0 Å². The minimum atomic E-state index is 0.384. The minimum absolute atomic E-state index is 0.384. The molecule has 0 saturated heterocycles. The zero-order valence-corrected chi connectivity index (χ0v) is 5.31. The molecule has 2 heteroatoms. The van der Waals surface area contributed by atoms with Gasteiger partial charge in [-0.15, -0.1) is 0 Å². The van der Waals surface area contributed by atoms with Gasteiger partial charge in [-0.25, -0.2) is 0 Å². The molecule has 0 saturated carbocycles. The summed E-state index contributed by atoms with van der Waals surface area (Å²) in [7, 11) is 1.00. The molecular weight excluding hydrogens is 90.1 g/mol. The van der Waals surface area contributed by atoms with Crippen LogP contribution in [0.3, 0.4) is 0 Å². The van der Waals surface area contributed by atoms with Crippen LogP contribution in [0.25, 0.3) is 0 Å². The Hall–Kier alpha value is -0.0800. The zero-order valence-electron chi connectivity index (χ0n) is 5.31. The Morgan fingerprint density at radius 2 is 1.71 bits per heavy atom. The molecule has 0 fully saturated rings. The van der Waals surface area contributed by atoms with Crippen molar-refractivity contribution in [2.24, 2.45) is 5.73 Å². The zero-order chi connectivity index (χ0) is 6.28. The van der Waals surface area contributed by atoms with Crippen LogP contribution in [0, 0.1) is 0 Å². The summed E-state index contributed by atoms with van der Waals surface area (Å²) < 4.78 is 0. The van der Waals surface area contributed by atoms with Crippen LogP contribution in [0.15, 0.2) is 0 Å². The molecule has 1 unspecified atom stereocenters. The van der Waals surface area contributed by atoms with E-state index in [0.717, 1.165) is 13.5 Å². The van der Waals surface area contributed by atoms with Crippen molar-refractivity contribution in [3.8, 4) is 0 Å². The summed E-state index contributed by atoms with van der Waals surface area (Å²) in [5, 5.41) is 7.00. The van der Waals surface area contributed by atoms with Crippen molar-refractivity contribution in [1.82, 2.24) is 0 Å². The second-order valence-electron chi connectivity index (χ2n) is 1.39. The maximum absolute atomic E-state index is 7.00. The van der Waals surface area contributed by atoms with Crippen LogP contribution < -0.4 is 5.73 Å². The lowest BCUT2D eigenvalue weighted by Gasteiger charge is -1.91. The predicted octanol–water partition coefficient (Wildman–Crippen LogP) is 0.352. The van der Waals surface area contributed by atoms with Gasteiger partial charge in [0.15, 0.2) is 0 Å². The van der Waals surface area contributed by atoms with E-state index in [1.165, 1.54) is 0 Å². The molecule has 0 aromatic heterocycles. The third kappa shape index (κ3) is 24.7. The molecule has 46 valence electrons. The van der Waals surface area contributed by atoms with Gasteiger partial charge in [-0.1, -0.05) is 6.92 Å². The summed E-state index contributed by atoms with van der Waals surface area (Å²) >= 11 is 0. The molecule has 0 aliphatic carbocycles. The summed E-state index contributed by atoms with van der Waals surface area (Å²) in [6.45, 7) is 4.07. The number of hydrogen-bond donors (Lipinski definition) is 2. The van der Waals surface area contributed by atoms with E-state index >= 15 is 0 Å². The van der Waals surface area contributed by atoms with E-state index in [-0.39, 0.29) is 0 Å². The Labute approximate surface area is 45.3 Å². The van der Waals surface area contributed by atoms with E-state index < -0.39 is 0 Å². The smallest absolute Gasteiger partial charge is 0.0319 e. The van der Waals surface area contributed by atoms with E-state index in [1.54, 1.807) is 0 Å². The Morgan fingerprint density at radius 3 is 1.71 bits per heavy atom. The monoisotopic (exact) mass is 105 g/mol. The largest absolute Gasteiger partial charge is 0.400 e. The number of nitrogens with two attached hydrogens (primary N) is 1. The first kappa shape index (κ1) is 10.0. The second-order valence-corrected chi connectivity index (χ2v) is 1.39. The van der Waals surface area contributed by atoms with Gasteiger partial charge in [-0.3, -0.25) is 0 Å². The second kappa shape index (κ2) is 9.33. The van der Waals surface area contributed by atoms with E-state index in [9.17, 15) is 0 Å². The van der Waals surface area contributed by atoms with Gasteiger partial charge in [0.05, 0.1) is 0 Å². The number of hydrogen-bond acceptors (Lipinski definition) is 2. The fourth-order valence-corrected chi connectivity index (χ4v) is 0. The summed E-state index contributed by atoms with van der Waals surface area (Å²) in [6, 6.07) is 0.384. The third-order valence-corrected chi connectivity index (χ3v) is 0.644. The minimum Gasteiger partial charge on any atom is -0.400 e. The van der Waals surface area contributed by atoms with Gasteiger partial charge in [0.1, 0.15) is 0 Å². The lowest BCUT2D eigenvalue weighted by Crippen LogP contribution is -2.11. The number of aliphatic hydroxyl groups excluding tert-OH is 1. The first-order chi connectivity index (χ1) is 3.27. The molecule has 0 amide bonds. The van der Waals surface area contributed by atoms with Gasteiger partial charge in [0, 0.05) is 13.2 Å². The Bertz CT molecular complexity index is 22.0. The molecule has 2 nitrogen and oxygen atoms in total. The van der Waals surface area contributed by atoms with E-state index in [0.29, 0.717) is 6.04 Å². The average molecular weight is 105 g/mol. The molecule has 3 N–H and O–H groups in total. The van der Waals surface area contributed by atoms with Crippen molar-refractivity contribution in [3.63, 3.8) is 0 Å². The number of aliphatic hydroxyl groups is 1. The summed E-state index contributed by atoms with van der Waals surface area (Å²) in [4.78, 5) is 0. The molecule has 0 rings (SSSR count). The first-order valence-corrected chi connectivity index (χ1v) is 2.47. The van der Waals surface area contributed by atoms with Crippen molar-refractivity contribution < 1.29 is 5.11 Å². The molecule has 0 radical (unpaired) electrons. The Kier molecular flexibility index (Phi) is 13.3. The quantitative estimate of drug-likeness (QED) is 0.505. The predicted molar refractivity (Wildman–Crippen MR) is 32.1 cm³/mol. The first-order valence-electron chi connectivity index (χ1n) is 2.47. The molecule has 0 aromatic carbocycles. The molecule has 0 aromatic rings.